The molecule has 8 nitrogen and oxygen atoms in total. The van der Waals surface area contributed by atoms with Gasteiger partial charge in [-0.25, -0.2) is 13.4 Å². The van der Waals surface area contributed by atoms with Gasteiger partial charge in [0.1, 0.15) is 0 Å². The third-order valence-electron chi connectivity index (χ3n) is 6.87. The monoisotopic (exact) mass is 452 g/mol. The van der Waals surface area contributed by atoms with Gasteiger partial charge in [-0.05, 0) is 56.6 Å². The maximum absolute atomic E-state index is 13.0. The van der Waals surface area contributed by atoms with Crippen LogP contribution in [0.1, 0.15) is 65.2 Å². The first kappa shape index (κ1) is 24.1. The summed E-state index contributed by atoms with van der Waals surface area (Å²) in [6, 6.07) is 3.23. The highest BCUT2D eigenvalue weighted by atomic mass is 32.2. The normalized spacial score (nSPS) is 28.5. The van der Waals surface area contributed by atoms with E-state index in [2.05, 4.69) is 17.2 Å². The number of hydrogen-bond donors (Lipinski definition) is 3. The van der Waals surface area contributed by atoms with E-state index in [1.807, 2.05) is 6.92 Å². The number of aromatic nitrogens is 1. The molecule has 1 unspecified atom stereocenters. The SMILES string of the molecule is C[C@@H]1CC[C@H](NC(=O)C(N)CC2(C)CCCCC2)[C@H](O)CN1S(=O)(=O)c1ccccn1. The Balaban J connectivity index is 1.64. The number of carbonyl (C=O) groups is 1. The van der Waals surface area contributed by atoms with Crippen molar-refractivity contribution >= 4 is 15.9 Å². The average molecular weight is 453 g/mol. The zero-order valence-corrected chi connectivity index (χ0v) is 19.4. The van der Waals surface area contributed by atoms with Crippen LogP contribution in [0.3, 0.4) is 0 Å². The van der Waals surface area contributed by atoms with E-state index in [0.717, 1.165) is 12.8 Å². The lowest BCUT2D eigenvalue weighted by atomic mass is 9.72. The van der Waals surface area contributed by atoms with Crippen LogP contribution in [-0.4, -0.2) is 59.5 Å². The number of amides is 1. The van der Waals surface area contributed by atoms with E-state index in [9.17, 15) is 18.3 Å². The Bertz CT molecular complexity index is 842. The summed E-state index contributed by atoms with van der Waals surface area (Å²) in [4.78, 5) is 16.7. The van der Waals surface area contributed by atoms with Crippen LogP contribution in [0.25, 0.3) is 0 Å². The number of carbonyl (C=O) groups excluding carboxylic acids is 1. The first-order valence-electron chi connectivity index (χ1n) is 11.3. The number of aliphatic hydroxyl groups excluding tert-OH is 1. The molecule has 1 aromatic heterocycles. The molecule has 9 heteroatoms. The molecule has 1 aromatic rings. The highest BCUT2D eigenvalue weighted by Gasteiger charge is 2.38. The number of nitrogens with zero attached hydrogens (tertiary/aromatic N) is 2. The number of hydrogen-bond acceptors (Lipinski definition) is 6. The highest BCUT2D eigenvalue weighted by molar-refractivity contribution is 7.89. The molecule has 1 aliphatic carbocycles. The lowest BCUT2D eigenvalue weighted by molar-refractivity contribution is -0.124. The van der Waals surface area contributed by atoms with Gasteiger partial charge in [-0.3, -0.25) is 4.79 Å². The lowest BCUT2D eigenvalue weighted by Crippen LogP contribution is -2.52. The second-order valence-corrected chi connectivity index (χ2v) is 11.4. The van der Waals surface area contributed by atoms with Crippen molar-refractivity contribution in [2.24, 2.45) is 11.1 Å². The molecule has 174 valence electrons. The fourth-order valence-corrected chi connectivity index (χ4v) is 6.51. The van der Waals surface area contributed by atoms with Crippen LogP contribution in [-0.2, 0) is 14.8 Å². The Morgan fingerprint density at radius 2 is 2.03 bits per heavy atom. The van der Waals surface area contributed by atoms with E-state index >= 15 is 0 Å². The van der Waals surface area contributed by atoms with E-state index in [-0.39, 0.29) is 28.9 Å². The molecule has 0 aromatic carbocycles. The molecule has 3 rings (SSSR count). The summed E-state index contributed by atoms with van der Waals surface area (Å²) in [5, 5.41) is 13.6. The van der Waals surface area contributed by atoms with Gasteiger partial charge in [0.25, 0.3) is 10.0 Å². The van der Waals surface area contributed by atoms with Gasteiger partial charge >= 0.3 is 0 Å². The average Bonchev–Trinajstić information content (AvgIpc) is 2.88. The van der Waals surface area contributed by atoms with Gasteiger partial charge in [-0.1, -0.05) is 32.3 Å². The largest absolute Gasteiger partial charge is 0.390 e. The molecule has 0 bridgehead atoms. The molecule has 0 spiro atoms. The van der Waals surface area contributed by atoms with Crippen molar-refractivity contribution in [2.75, 3.05) is 6.54 Å². The molecule has 2 fully saturated rings. The van der Waals surface area contributed by atoms with Gasteiger partial charge in [-0.15, -0.1) is 0 Å². The predicted octanol–water partition coefficient (Wildman–Crippen LogP) is 1.79. The molecule has 4 N–H and O–H groups in total. The van der Waals surface area contributed by atoms with Gasteiger partial charge in [0.2, 0.25) is 5.91 Å². The van der Waals surface area contributed by atoms with Crippen LogP contribution in [0.2, 0.25) is 0 Å². The van der Waals surface area contributed by atoms with Crippen LogP contribution < -0.4 is 11.1 Å². The lowest BCUT2D eigenvalue weighted by Gasteiger charge is -2.35. The maximum atomic E-state index is 13.0. The van der Waals surface area contributed by atoms with E-state index in [1.54, 1.807) is 12.1 Å². The first-order chi connectivity index (χ1) is 14.6. The summed E-state index contributed by atoms with van der Waals surface area (Å²) in [5.74, 6) is -0.274. The first-order valence-corrected chi connectivity index (χ1v) is 12.7. The predicted molar refractivity (Wildman–Crippen MR) is 119 cm³/mol. The van der Waals surface area contributed by atoms with Crippen molar-refractivity contribution in [3.63, 3.8) is 0 Å². The van der Waals surface area contributed by atoms with Crippen LogP contribution in [0.15, 0.2) is 29.4 Å². The molecule has 1 amide bonds. The van der Waals surface area contributed by atoms with Crippen molar-refractivity contribution in [3.05, 3.63) is 24.4 Å². The molecule has 2 heterocycles. The van der Waals surface area contributed by atoms with Crippen molar-refractivity contribution in [1.29, 1.82) is 0 Å². The number of β-amino-alcohol motifs (C(OH)–C–C–N with tert-alkyl or cyclic N) is 1. The fraction of sp³-hybridized carbons (Fsp3) is 0.727. The van der Waals surface area contributed by atoms with Gasteiger partial charge in [0.15, 0.2) is 5.03 Å². The maximum Gasteiger partial charge on any atom is 0.260 e. The van der Waals surface area contributed by atoms with E-state index < -0.39 is 28.2 Å². The van der Waals surface area contributed by atoms with Gasteiger partial charge < -0.3 is 16.2 Å². The van der Waals surface area contributed by atoms with E-state index in [4.69, 9.17) is 5.73 Å². The third kappa shape index (κ3) is 5.83. The van der Waals surface area contributed by atoms with Gasteiger partial charge in [0.05, 0.1) is 18.2 Å². The van der Waals surface area contributed by atoms with Crippen molar-refractivity contribution < 1.29 is 18.3 Å². The molecule has 4 atom stereocenters. The Morgan fingerprint density at radius 1 is 1.32 bits per heavy atom. The summed E-state index contributed by atoms with van der Waals surface area (Å²) in [6.07, 6.45) is 7.77. The molecule has 0 radical (unpaired) electrons. The van der Waals surface area contributed by atoms with Crippen LogP contribution >= 0.6 is 0 Å². The zero-order chi connectivity index (χ0) is 22.6. The molecule has 1 saturated carbocycles. The minimum atomic E-state index is -3.84. The second-order valence-electron chi connectivity index (χ2n) is 9.53. The molecule has 1 saturated heterocycles. The fourth-order valence-electron chi connectivity index (χ4n) is 4.89. The highest BCUT2D eigenvalue weighted by Crippen LogP contribution is 2.39. The number of sulfonamides is 1. The Hall–Kier alpha value is -1.55. The number of pyridine rings is 1. The van der Waals surface area contributed by atoms with Crippen LogP contribution in [0.5, 0.6) is 0 Å². The molecule has 2 aliphatic rings. The standard InChI is InChI=1S/C22H36N4O4S/c1-16-9-10-18(25-21(28)17(23)14-22(2)11-5-3-6-12-22)19(27)15-26(16)31(29,30)20-8-4-7-13-24-20/h4,7-8,13,16-19,27H,3,5-6,9-12,14-15,23H2,1-2H3,(H,25,28)/t16-,17?,18+,19-/m1/s1. The van der Waals surface area contributed by atoms with Crippen molar-refractivity contribution in [1.82, 2.24) is 14.6 Å². The molecule has 1 aliphatic heterocycles. The Morgan fingerprint density at radius 3 is 2.68 bits per heavy atom. The minimum Gasteiger partial charge on any atom is -0.390 e. The van der Waals surface area contributed by atoms with Gasteiger partial charge in [0, 0.05) is 18.8 Å². The van der Waals surface area contributed by atoms with Crippen LogP contribution in [0.4, 0.5) is 0 Å². The summed E-state index contributed by atoms with van der Waals surface area (Å²) in [6.45, 7) is 3.91. The van der Waals surface area contributed by atoms with Crippen molar-refractivity contribution in [2.45, 2.75) is 94.5 Å². The Kier molecular flexibility index (Phi) is 7.72. The van der Waals surface area contributed by atoms with Crippen LogP contribution in [0, 0.1) is 5.41 Å². The number of nitrogens with two attached hydrogens (primary N) is 1. The van der Waals surface area contributed by atoms with E-state index in [0.29, 0.717) is 19.3 Å². The van der Waals surface area contributed by atoms with Gasteiger partial charge in [-0.2, -0.15) is 4.31 Å². The number of nitrogens with one attached hydrogen (secondary N) is 1. The summed E-state index contributed by atoms with van der Waals surface area (Å²) in [5.41, 5.74) is 6.31. The van der Waals surface area contributed by atoms with E-state index in [1.165, 1.54) is 35.8 Å². The Labute approximate surface area is 185 Å². The number of aliphatic hydroxyl groups is 1. The third-order valence-corrected chi connectivity index (χ3v) is 8.76. The quantitative estimate of drug-likeness (QED) is 0.604. The summed E-state index contributed by atoms with van der Waals surface area (Å²) < 4.78 is 27.4. The molecule has 31 heavy (non-hydrogen) atoms. The minimum absolute atomic E-state index is 0.0423. The summed E-state index contributed by atoms with van der Waals surface area (Å²) in [7, 11) is -3.84. The van der Waals surface area contributed by atoms with Crippen molar-refractivity contribution in [3.8, 4) is 0 Å². The number of rotatable bonds is 6. The smallest absolute Gasteiger partial charge is 0.260 e. The molecular formula is C22H36N4O4S. The summed E-state index contributed by atoms with van der Waals surface area (Å²) >= 11 is 0. The topological polar surface area (TPSA) is 126 Å². The second kappa shape index (κ2) is 9.94. The zero-order valence-electron chi connectivity index (χ0n) is 18.5. The molecular weight excluding hydrogens is 416 g/mol.